The molecule has 0 aliphatic carbocycles. The summed E-state index contributed by atoms with van der Waals surface area (Å²) in [4.78, 5) is 15.6. The van der Waals surface area contributed by atoms with E-state index in [2.05, 4.69) is 21.7 Å². The first-order valence-corrected chi connectivity index (χ1v) is 7.89. The predicted octanol–water partition coefficient (Wildman–Crippen LogP) is 3.80. The van der Waals surface area contributed by atoms with Gasteiger partial charge in [0.2, 0.25) is 5.91 Å². The van der Waals surface area contributed by atoms with Gasteiger partial charge in [0.15, 0.2) is 5.11 Å². The lowest BCUT2D eigenvalue weighted by Crippen LogP contribution is -2.32. The summed E-state index contributed by atoms with van der Waals surface area (Å²) in [5.74, 6) is -0.195. The molecule has 1 heterocycles. The van der Waals surface area contributed by atoms with Gasteiger partial charge in [-0.05, 0) is 36.5 Å². The lowest BCUT2D eigenvalue weighted by molar-refractivity contribution is -0.117. The van der Waals surface area contributed by atoms with Crippen LogP contribution in [0.2, 0.25) is 0 Å². The van der Waals surface area contributed by atoms with Crippen LogP contribution in [0.15, 0.2) is 48.5 Å². The average Bonchev–Trinajstić information content (AvgIpc) is 2.90. The molecule has 3 aromatic rings. The molecule has 0 spiro atoms. The Labute approximate surface area is 137 Å². The van der Waals surface area contributed by atoms with E-state index in [9.17, 15) is 4.79 Å². The molecule has 0 bridgehead atoms. The van der Waals surface area contributed by atoms with Crippen LogP contribution in [0.3, 0.4) is 0 Å². The number of nitrogens with one attached hydrogen (secondary N) is 2. The first-order chi connectivity index (χ1) is 10.6. The van der Waals surface area contributed by atoms with Gasteiger partial charge in [0.1, 0.15) is 5.01 Å². The summed E-state index contributed by atoms with van der Waals surface area (Å²) in [6.45, 7) is 1.42. The molecule has 0 unspecified atom stereocenters. The van der Waals surface area contributed by atoms with Gasteiger partial charge in [-0.15, -0.1) is 11.3 Å². The number of aromatic nitrogens is 1. The van der Waals surface area contributed by atoms with Crippen molar-refractivity contribution >= 4 is 50.5 Å². The number of nitrogens with zero attached hydrogens (tertiary/aromatic N) is 1. The van der Waals surface area contributed by atoms with Crippen molar-refractivity contribution in [3.8, 4) is 10.6 Å². The number of para-hydroxylation sites is 1. The second-order valence-corrected chi connectivity index (χ2v) is 6.14. The number of rotatable bonds is 2. The van der Waals surface area contributed by atoms with Gasteiger partial charge in [0.25, 0.3) is 0 Å². The predicted molar refractivity (Wildman–Crippen MR) is 95.1 cm³/mol. The van der Waals surface area contributed by atoms with Crippen molar-refractivity contribution < 1.29 is 4.79 Å². The highest BCUT2D eigenvalue weighted by molar-refractivity contribution is 7.80. The van der Waals surface area contributed by atoms with Gasteiger partial charge >= 0.3 is 0 Å². The van der Waals surface area contributed by atoms with Crippen molar-refractivity contribution in [1.82, 2.24) is 10.3 Å². The Bertz CT molecular complexity index is 824. The number of anilines is 1. The number of amides is 1. The zero-order valence-corrected chi connectivity index (χ0v) is 13.4. The molecule has 4 nitrogen and oxygen atoms in total. The van der Waals surface area contributed by atoms with Gasteiger partial charge in [0, 0.05) is 18.2 Å². The Morgan fingerprint density at radius 1 is 1.18 bits per heavy atom. The SMILES string of the molecule is CC(=O)NC(=S)Nc1cccc(-c2nc3ccccc3s2)c1. The smallest absolute Gasteiger partial charge is 0.222 e. The fraction of sp³-hybridized carbons (Fsp3) is 0.0625. The number of carbonyl (C=O) groups is 1. The van der Waals surface area contributed by atoms with Crippen molar-refractivity contribution in [2.24, 2.45) is 0 Å². The molecule has 0 fully saturated rings. The lowest BCUT2D eigenvalue weighted by atomic mass is 10.2. The number of fused-ring (bicyclic) bond motifs is 1. The Balaban J connectivity index is 1.87. The number of carbonyl (C=O) groups excluding carboxylic acids is 1. The topological polar surface area (TPSA) is 54.0 Å². The first kappa shape index (κ1) is 14.6. The van der Waals surface area contributed by atoms with Crippen LogP contribution in [0.4, 0.5) is 5.69 Å². The van der Waals surface area contributed by atoms with Crippen LogP contribution in [-0.2, 0) is 4.79 Å². The van der Waals surface area contributed by atoms with Crippen LogP contribution in [0.5, 0.6) is 0 Å². The summed E-state index contributed by atoms with van der Waals surface area (Å²) in [7, 11) is 0. The molecule has 1 amide bonds. The standard InChI is InChI=1S/C16H13N3OS2/c1-10(20)17-16(21)18-12-6-4-5-11(9-12)15-19-13-7-2-3-8-14(13)22-15/h2-9H,1H3,(H2,17,18,20,21). The van der Waals surface area contributed by atoms with E-state index >= 15 is 0 Å². The Morgan fingerprint density at radius 2 is 2.00 bits per heavy atom. The highest BCUT2D eigenvalue weighted by atomic mass is 32.1. The molecule has 0 aliphatic heterocycles. The minimum atomic E-state index is -0.195. The molecule has 1 aromatic heterocycles. The van der Waals surface area contributed by atoms with Gasteiger partial charge < -0.3 is 10.6 Å². The monoisotopic (exact) mass is 327 g/mol. The maximum Gasteiger partial charge on any atom is 0.222 e. The fourth-order valence-electron chi connectivity index (χ4n) is 2.05. The van der Waals surface area contributed by atoms with Crippen LogP contribution in [0, 0.1) is 0 Å². The Morgan fingerprint density at radius 3 is 2.77 bits per heavy atom. The summed E-state index contributed by atoms with van der Waals surface area (Å²) >= 11 is 6.72. The Hall–Kier alpha value is -2.31. The van der Waals surface area contributed by atoms with Gasteiger partial charge in [0.05, 0.1) is 10.2 Å². The van der Waals surface area contributed by atoms with Crippen LogP contribution in [0.25, 0.3) is 20.8 Å². The summed E-state index contributed by atoms with van der Waals surface area (Å²) in [5.41, 5.74) is 2.82. The van der Waals surface area contributed by atoms with Crippen molar-refractivity contribution in [3.05, 3.63) is 48.5 Å². The third-order valence-corrected chi connectivity index (χ3v) is 4.24. The van der Waals surface area contributed by atoms with Crippen LogP contribution in [-0.4, -0.2) is 16.0 Å². The molecular weight excluding hydrogens is 314 g/mol. The molecule has 6 heteroatoms. The van der Waals surface area contributed by atoms with Gasteiger partial charge in [-0.1, -0.05) is 24.3 Å². The molecule has 0 radical (unpaired) electrons. The number of benzene rings is 2. The van der Waals surface area contributed by atoms with E-state index in [-0.39, 0.29) is 11.0 Å². The minimum absolute atomic E-state index is 0.195. The zero-order valence-electron chi connectivity index (χ0n) is 11.8. The quantitative estimate of drug-likeness (QED) is 0.703. The van der Waals surface area contributed by atoms with E-state index in [1.165, 1.54) is 6.92 Å². The molecule has 22 heavy (non-hydrogen) atoms. The second-order valence-electron chi connectivity index (χ2n) is 4.70. The second kappa shape index (κ2) is 6.21. The van der Waals surface area contributed by atoms with E-state index in [4.69, 9.17) is 12.2 Å². The van der Waals surface area contributed by atoms with E-state index in [0.717, 1.165) is 26.5 Å². The lowest BCUT2D eigenvalue weighted by Gasteiger charge is -2.08. The van der Waals surface area contributed by atoms with E-state index in [1.54, 1.807) is 11.3 Å². The largest absolute Gasteiger partial charge is 0.332 e. The minimum Gasteiger partial charge on any atom is -0.332 e. The Kier molecular flexibility index (Phi) is 4.13. The van der Waals surface area contributed by atoms with Crippen molar-refractivity contribution in [2.75, 3.05) is 5.32 Å². The highest BCUT2D eigenvalue weighted by Gasteiger charge is 2.07. The average molecular weight is 327 g/mol. The van der Waals surface area contributed by atoms with Crippen LogP contribution in [0.1, 0.15) is 6.92 Å². The van der Waals surface area contributed by atoms with E-state index < -0.39 is 0 Å². The van der Waals surface area contributed by atoms with Crippen LogP contribution >= 0.6 is 23.6 Å². The molecule has 2 N–H and O–H groups in total. The first-order valence-electron chi connectivity index (χ1n) is 6.66. The van der Waals surface area contributed by atoms with Crippen LogP contribution < -0.4 is 10.6 Å². The molecule has 3 rings (SSSR count). The van der Waals surface area contributed by atoms with Gasteiger partial charge in [-0.3, -0.25) is 4.79 Å². The molecule has 0 saturated heterocycles. The van der Waals surface area contributed by atoms with E-state index in [1.807, 2.05) is 42.5 Å². The number of thiocarbonyl (C=S) groups is 1. The van der Waals surface area contributed by atoms with E-state index in [0.29, 0.717) is 0 Å². The summed E-state index contributed by atoms with van der Waals surface area (Å²) < 4.78 is 1.16. The summed E-state index contributed by atoms with van der Waals surface area (Å²) in [6.07, 6.45) is 0. The highest BCUT2D eigenvalue weighted by Crippen LogP contribution is 2.31. The molecule has 2 aromatic carbocycles. The third-order valence-electron chi connectivity index (χ3n) is 2.95. The van der Waals surface area contributed by atoms with Crippen molar-refractivity contribution in [3.63, 3.8) is 0 Å². The van der Waals surface area contributed by atoms with Crippen molar-refractivity contribution in [1.29, 1.82) is 0 Å². The number of hydrogen-bond donors (Lipinski definition) is 2. The number of thiazole rings is 1. The van der Waals surface area contributed by atoms with Gasteiger partial charge in [-0.2, -0.15) is 0 Å². The molecule has 0 aliphatic rings. The maximum absolute atomic E-state index is 11.0. The molecule has 110 valence electrons. The van der Waals surface area contributed by atoms with Gasteiger partial charge in [-0.25, -0.2) is 4.98 Å². The molecule has 0 atom stereocenters. The van der Waals surface area contributed by atoms with Crippen molar-refractivity contribution in [2.45, 2.75) is 6.92 Å². The number of hydrogen-bond acceptors (Lipinski definition) is 4. The zero-order chi connectivity index (χ0) is 15.5. The molecule has 0 saturated carbocycles. The summed E-state index contributed by atoms with van der Waals surface area (Å²) in [6, 6.07) is 15.8. The summed E-state index contributed by atoms with van der Waals surface area (Å²) in [5, 5.41) is 6.77. The fourth-order valence-corrected chi connectivity index (χ4v) is 3.27. The maximum atomic E-state index is 11.0. The molecular formula is C16H13N3OS2. The normalized spacial score (nSPS) is 10.4. The third kappa shape index (κ3) is 3.29.